The fourth-order valence-corrected chi connectivity index (χ4v) is 2.02. The zero-order chi connectivity index (χ0) is 12.3. The average molecular weight is 248 g/mol. The van der Waals surface area contributed by atoms with Crippen LogP contribution in [0.2, 0.25) is 0 Å². The van der Waals surface area contributed by atoms with Crippen molar-refractivity contribution < 1.29 is 4.92 Å². The van der Waals surface area contributed by atoms with Crippen molar-refractivity contribution >= 4 is 23.1 Å². The smallest absolute Gasteiger partial charge is 0.301 e. The van der Waals surface area contributed by atoms with Gasteiger partial charge < -0.3 is 5.73 Å². The van der Waals surface area contributed by atoms with Gasteiger partial charge in [0.25, 0.3) is 0 Å². The lowest BCUT2D eigenvalue weighted by Crippen LogP contribution is -1.95. The van der Waals surface area contributed by atoms with E-state index in [1.807, 2.05) is 0 Å². The molecule has 0 aliphatic carbocycles. The van der Waals surface area contributed by atoms with Crippen LogP contribution in [0.5, 0.6) is 0 Å². The third kappa shape index (κ3) is 2.51. The molecule has 6 nitrogen and oxygen atoms in total. The Morgan fingerprint density at radius 3 is 2.47 bits per heavy atom. The van der Waals surface area contributed by atoms with E-state index in [4.69, 9.17) is 5.73 Å². The Kier molecular flexibility index (Phi) is 3.20. The van der Waals surface area contributed by atoms with Crippen molar-refractivity contribution in [1.29, 1.82) is 0 Å². The van der Waals surface area contributed by atoms with Gasteiger partial charge in [0.2, 0.25) is 0 Å². The molecule has 0 aromatic carbocycles. The average Bonchev–Trinajstić information content (AvgIpc) is 2.32. The van der Waals surface area contributed by atoms with Crippen molar-refractivity contribution in [3.63, 3.8) is 0 Å². The monoisotopic (exact) mass is 248 g/mol. The Bertz CT molecular complexity index is 562. The lowest BCUT2D eigenvalue weighted by atomic mass is 10.4. The van der Waals surface area contributed by atoms with Gasteiger partial charge in [-0.2, -0.15) is 0 Å². The molecular weight excluding hydrogens is 240 g/mol. The minimum absolute atomic E-state index is 0.0532. The van der Waals surface area contributed by atoms with Gasteiger partial charge in [0.1, 0.15) is 5.03 Å². The SMILES string of the molecule is Nc1cccnc1Sc1ncccc1[N+](=O)[O-]. The molecule has 0 radical (unpaired) electrons. The number of nitrogens with zero attached hydrogens (tertiary/aromatic N) is 3. The first-order valence-corrected chi connectivity index (χ1v) is 5.48. The van der Waals surface area contributed by atoms with Gasteiger partial charge in [0, 0.05) is 18.5 Å². The molecule has 86 valence electrons. The Balaban J connectivity index is 2.37. The molecule has 2 aromatic rings. The molecular formula is C10H8N4O2S. The third-order valence-electron chi connectivity index (χ3n) is 1.94. The second kappa shape index (κ2) is 4.79. The second-order valence-electron chi connectivity index (χ2n) is 3.08. The van der Waals surface area contributed by atoms with E-state index in [0.29, 0.717) is 10.7 Å². The van der Waals surface area contributed by atoms with Crippen molar-refractivity contribution in [2.24, 2.45) is 0 Å². The molecule has 7 heteroatoms. The van der Waals surface area contributed by atoms with E-state index < -0.39 is 4.92 Å². The van der Waals surface area contributed by atoms with Crippen molar-refractivity contribution in [2.75, 3.05) is 5.73 Å². The number of anilines is 1. The Morgan fingerprint density at radius 1 is 1.18 bits per heavy atom. The summed E-state index contributed by atoms with van der Waals surface area (Å²) in [6.45, 7) is 0. The lowest BCUT2D eigenvalue weighted by molar-refractivity contribution is -0.388. The molecule has 17 heavy (non-hydrogen) atoms. The molecule has 0 fully saturated rings. The molecule has 0 spiro atoms. The highest BCUT2D eigenvalue weighted by Gasteiger charge is 2.16. The van der Waals surface area contributed by atoms with Crippen LogP contribution in [0.15, 0.2) is 46.7 Å². The number of nitrogen functional groups attached to an aromatic ring is 1. The Labute approximate surface area is 101 Å². The number of nitrogens with two attached hydrogens (primary N) is 1. The minimum atomic E-state index is -0.478. The van der Waals surface area contributed by atoms with Gasteiger partial charge in [-0.15, -0.1) is 0 Å². The highest BCUT2D eigenvalue weighted by Crippen LogP contribution is 2.33. The summed E-state index contributed by atoms with van der Waals surface area (Å²) in [5.41, 5.74) is 6.13. The van der Waals surface area contributed by atoms with Gasteiger partial charge in [0.05, 0.1) is 10.6 Å². The number of aromatic nitrogens is 2. The summed E-state index contributed by atoms with van der Waals surface area (Å²) in [7, 11) is 0. The largest absolute Gasteiger partial charge is 0.397 e. The number of nitro groups is 1. The first-order chi connectivity index (χ1) is 8.18. The highest BCUT2D eigenvalue weighted by molar-refractivity contribution is 7.99. The lowest BCUT2D eigenvalue weighted by Gasteiger charge is -2.03. The van der Waals surface area contributed by atoms with Crippen LogP contribution in [-0.2, 0) is 0 Å². The van der Waals surface area contributed by atoms with Gasteiger partial charge in [-0.1, -0.05) is 0 Å². The van der Waals surface area contributed by atoms with E-state index in [1.54, 1.807) is 18.3 Å². The van der Waals surface area contributed by atoms with Gasteiger partial charge in [-0.25, -0.2) is 9.97 Å². The van der Waals surface area contributed by atoms with E-state index in [1.165, 1.54) is 18.3 Å². The van der Waals surface area contributed by atoms with Crippen LogP contribution in [0.25, 0.3) is 0 Å². The van der Waals surface area contributed by atoms with Crippen LogP contribution in [-0.4, -0.2) is 14.9 Å². The zero-order valence-corrected chi connectivity index (χ0v) is 9.42. The third-order valence-corrected chi connectivity index (χ3v) is 2.98. The predicted octanol–water partition coefficient (Wildman–Crippen LogP) is 2.12. The minimum Gasteiger partial charge on any atom is -0.397 e. The summed E-state index contributed by atoms with van der Waals surface area (Å²) < 4.78 is 0. The highest BCUT2D eigenvalue weighted by atomic mass is 32.2. The molecule has 2 rings (SSSR count). The van der Waals surface area contributed by atoms with Gasteiger partial charge in [-0.05, 0) is 30.0 Å². The molecule has 0 saturated heterocycles. The van der Waals surface area contributed by atoms with Gasteiger partial charge in [0.15, 0.2) is 5.03 Å². The van der Waals surface area contributed by atoms with Gasteiger partial charge in [-0.3, -0.25) is 10.1 Å². The van der Waals surface area contributed by atoms with Crippen LogP contribution < -0.4 is 5.73 Å². The molecule has 0 amide bonds. The van der Waals surface area contributed by atoms with Crippen LogP contribution in [0.1, 0.15) is 0 Å². The van der Waals surface area contributed by atoms with E-state index in [2.05, 4.69) is 9.97 Å². The molecule has 0 bridgehead atoms. The maximum absolute atomic E-state index is 10.8. The predicted molar refractivity (Wildman–Crippen MR) is 63.7 cm³/mol. The van der Waals surface area contributed by atoms with E-state index in [0.717, 1.165) is 11.8 Å². The second-order valence-corrected chi connectivity index (χ2v) is 4.06. The molecule has 0 saturated carbocycles. The fraction of sp³-hybridized carbons (Fsp3) is 0. The quantitative estimate of drug-likeness (QED) is 0.660. The molecule has 0 atom stereocenters. The molecule has 0 aliphatic rings. The number of rotatable bonds is 3. The first kappa shape index (κ1) is 11.3. The molecule has 0 unspecified atom stereocenters. The molecule has 2 N–H and O–H groups in total. The van der Waals surface area contributed by atoms with E-state index in [9.17, 15) is 10.1 Å². The van der Waals surface area contributed by atoms with Crippen LogP contribution in [0.3, 0.4) is 0 Å². The zero-order valence-electron chi connectivity index (χ0n) is 8.61. The van der Waals surface area contributed by atoms with Crippen LogP contribution >= 0.6 is 11.8 Å². The van der Waals surface area contributed by atoms with Crippen LogP contribution in [0, 0.1) is 10.1 Å². The van der Waals surface area contributed by atoms with E-state index >= 15 is 0 Å². The summed E-state index contributed by atoms with van der Waals surface area (Å²) in [5.74, 6) is 0. The summed E-state index contributed by atoms with van der Waals surface area (Å²) in [4.78, 5) is 18.3. The van der Waals surface area contributed by atoms with E-state index in [-0.39, 0.29) is 10.7 Å². The standard InChI is InChI=1S/C10H8N4O2S/c11-7-3-1-5-12-9(7)17-10-8(14(15)16)4-2-6-13-10/h1-6H,11H2. The summed E-state index contributed by atoms with van der Waals surface area (Å²) in [5, 5.41) is 11.6. The van der Waals surface area contributed by atoms with Gasteiger partial charge >= 0.3 is 5.69 Å². The maximum atomic E-state index is 10.8. The number of hydrogen-bond donors (Lipinski definition) is 1. The van der Waals surface area contributed by atoms with Crippen molar-refractivity contribution in [3.05, 3.63) is 46.8 Å². The molecule has 2 aromatic heterocycles. The Morgan fingerprint density at radius 2 is 1.82 bits per heavy atom. The summed E-state index contributed by atoms with van der Waals surface area (Å²) >= 11 is 1.08. The fourth-order valence-electron chi connectivity index (χ4n) is 1.18. The Hall–Kier alpha value is -2.15. The van der Waals surface area contributed by atoms with Crippen molar-refractivity contribution in [1.82, 2.24) is 9.97 Å². The van der Waals surface area contributed by atoms with Crippen LogP contribution in [0.4, 0.5) is 11.4 Å². The normalized spacial score (nSPS) is 10.1. The number of hydrogen-bond acceptors (Lipinski definition) is 6. The summed E-state index contributed by atoms with van der Waals surface area (Å²) in [6, 6.07) is 6.30. The van der Waals surface area contributed by atoms with Crippen molar-refractivity contribution in [2.45, 2.75) is 10.1 Å². The molecule has 0 aliphatic heterocycles. The first-order valence-electron chi connectivity index (χ1n) is 4.66. The van der Waals surface area contributed by atoms with Crippen molar-refractivity contribution in [3.8, 4) is 0 Å². The number of pyridine rings is 2. The topological polar surface area (TPSA) is 94.9 Å². The summed E-state index contributed by atoms with van der Waals surface area (Å²) in [6.07, 6.45) is 3.07. The maximum Gasteiger partial charge on any atom is 0.301 e. The molecule has 2 heterocycles.